The highest BCUT2D eigenvalue weighted by Gasteiger charge is 2.35. The topological polar surface area (TPSA) is 40.6 Å². The number of hydrogen-bond acceptors (Lipinski definition) is 4. The number of rotatable bonds is 3. The smallest absolute Gasteiger partial charge is 0.293 e. The highest BCUT2D eigenvalue weighted by atomic mass is 32.2. The van der Waals surface area contributed by atoms with Crippen LogP contribution in [0.1, 0.15) is 52.7 Å². The molecule has 2 aliphatic heterocycles. The van der Waals surface area contributed by atoms with E-state index in [0.29, 0.717) is 17.5 Å². The van der Waals surface area contributed by atoms with E-state index in [1.807, 2.05) is 19.1 Å². The average molecular weight is 371 g/mol. The largest absolute Gasteiger partial charge is 0.360 e. The monoisotopic (exact) mass is 370 g/mol. The van der Waals surface area contributed by atoms with Gasteiger partial charge in [-0.2, -0.15) is 0 Å². The molecule has 1 fully saturated rings. The normalized spacial score (nSPS) is 20.9. The van der Waals surface area contributed by atoms with Gasteiger partial charge in [0.25, 0.3) is 11.1 Å². The summed E-state index contributed by atoms with van der Waals surface area (Å²) < 4.78 is 0. The molecule has 1 saturated heterocycles. The number of nitrogens with zero attached hydrogens (tertiary/aromatic N) is 2. The van der Waals surface area contributed by atoms with Crippen molar-refractivity contribution in [2.75, 3.05) is 11.4 Å². The lowest BCUT2D eigenvalue weighted by atomic mass is 9.87. The van der Waals surface area contributed by atoms with Gasteiger partial charge < -0.3 is 4.90 Å². The first kappa shape index (κ1) is 18.8. The van der Waals surface area contributed by atoms with Crippen LogP contribution in [0.2, 0.25) is 0 Å². The fourth-order valence-electron chi connectivity index (χ4n) is 4.02. The van der Waals surface area contributed by atoms with Crippen molar-refractivity contribution in [3.05, 3.63) is 40.3 Å². The molecule has 2 heterocycles. The molecular weight excluding hydrogens is 344 g/mol. The van der Waals surface area contributed by atoms with Gasteiger partial charge in [-0.3, -0.25) is 14.5 Å². The highest BCUT2D eigenvalue weighted by molar-refractivity contribution is 8.18. The van der Waals surface area contributed by atoms with Gasteiger partial charge in [-0.05, 0) is 82.6 Å². The molecule has 0 saturated carbocycles. The lowest BCUT2D eigenvalue weighted by Crippen LogP contribution is -2.49. The second kappa shape index (κ2) is 6.62. The number of carbonyl (C=O) groups excluding carboxylic acids is 2. The maximum atomic E-state index is 12.3. The molecule has 3 rings (SSSR count). The predicted octanol–water partition coefficient (Wildman–Crippen LogP) is 5.15. The molecule has 1 aromatic carbocycles. The minimum absolute atomic E-state index is 0.0451. The summed E-state index contributed by atoms with van der Waals surface area (Å²) in [5.41, 5.74) is 4.53. The van der Waals surface area contributed by atoms with Crippen molar-refractivity contribution in [1.82, 2.24) is 4.90 Å². The number of anilines is 1. The zero-order valence-corrected chi connectivity index (χ0v) is 17.1. The van der Waals surface area contributed by atoms with Crippen LogP contribution >= 0.6 is 11.8 Å². The van der Waals surface area contributed by atoms with E-state index in [9.17, 15) is 9.59 Å². The summed E-state index contributed by atoms with van der Waals surface area (Å²) >= 11 is 1.02. The summed E-state index contributed by atoms with van der Waals surface area (Å²) in [6.07, 6.45) is 4.12. The Morgan fingerprint density at radius 2 is 1.92 bits per heavy atom. The predicted molar refractivity (Wildman–Crippen MR) is 110 cm³/mol. The van der Waals surface area contributed by atoms with Gasteiger partial charge >= 0.3 is 0 Å². The van der Waals surface area contributed by atoms with Gasteiger partial charge in [0.1, 0.15) is 0 Å². The number of thioether (sulfide) groups is 1. The Morgan fingerprint density at radius 3 is 2.50 bits per heavy atom. The average Bonchev–Trinajstić information content (AvgIpc) is 2.80. The van der Waals surface area contributed by atoms with Gasteiger partial charge in [0.2, 0.25) is 0 Å². The second-order valence-corrected chi connectivity index (χ2v) is 8.64. The van der Waals surface area contributed by atoms with Crippen LogP contribution in [0, 0.1) is 0 Å². The molecule has 0 unspecified atom stereocenters. The first-order valence-corrected chi connectivity index (χ1v) is 9.86. The van der Waals surface area contributed by atoms with E-state index in [1.165, 1.54) is 21.7 Å². The van der Waals surface area contributed by atoms with Crippen molar-refractivity contribution in [2.45, 2.75) is 53.1 Å². The van der Waals surface area contributed by atoms with E-state index in [0.717, 1.165) is 17.3 Å². The third-order valence-electron chi connectivity index (χ3n) is 4.90. The number of imide groups is 1. The molecule has 26 heavy (non-hydrogen) atoms. The Balaban J connectivity index is 2.03. The third-order valence-corrected chi connectivity index (χ3v) is 5.81. The van der Waals surface area contributed by atoms with Crippen LogP contribution in [-0.2, 0) is 4.79 Å². The van der Waals surface area contributed by atoms with Crippen LogP contribution in [0.25, 0.3) is 11.6 Å². The Hall–Kier alpha value is -2.01. The van der Waals surface area contributed by atoms with Crippen molar-refractivity contribution >= 4 is 40.2 Å². The van der Waals surface area contributed by atoms with E-state index < -0.39 is 0 Å². The molecule has 4 nitrogen and oxygen atoms in total. The Bertz CT molecular complexity index is 836. The number of carbonyl (C=O) groups is 2. The Kier molecular flexibility index (Phi) is 4.78. The lowest BCUT2D eigenvalue weighted by molar-refractivity contribution is -0.122. The fourth-order valence-corrected chi connectivity index (χ4v) is 4.93. The second-order valence-electron chi connectivity index (χ2n) is 7.65. The molecule has 0 aliphatic carbocycles. The van der Waals surface area contributed by atoms with E-state index in [2.05, 4.69) is 57.7 Å². The van der Waals surface area contributed by atoms with E-state index in [-0.39, 0.29) is 16.7 Å². The SMILES string of the molecule is CCN1C(=O)S/C(=C\c2ccc3c(c2)C(C)=CC(C)(C)N3C(C)C)C1=O. The highest BCUT2D eigenvalue weighted by Crippen LogP contribution is 2.41. The van der Waals surface area contributed by atoms with Gasteiger partial charge in [0.15, 0.2) is 0 Å². The maximum absolute atomic E-state index is 12.3. The Labute approximate surface area is 159 Å². The van der Waals surface area contributed by atoms with E-state index in [1.54, 1.807) is 0 Å². The van der Waals surface area contributed by atoms with Crippen molar-refractivity contribution < 1.29 is 9.59 Å². The van der Waals surface area contributed by atoms with Crippen molar-refractivity contribution in [3.8, 4) is 0 Å². The van der Waals surface area contributed by atoms with Crippen LogP contribution in [0.15, 0.2) is 29.2 Å². The molecule has 0 atom stereocenters. The van der Waals surface area contributed by atoms with Crippen molar-refractivity contribution in [3.63, 3.8) is 0 Å². The van der Waals surface area contributed by atoms with Crippen LogP contribution in [0.5, 0.6) is 0 Å². The van der Waals surface area contributed by atoms with Gasteiger partial charge in [-0.15, -0.1) is 0 Å². The number of hydrogen-bond donors (Lipinski definition) is 0. The number of fused-ring (bicyclic) bond motifs is 1. The zero-order valence-electron chi connectivity index (χ0n) is 16.3. The molecular formula is C21H26N2O2S. The summed E-state index contributed by atoms with van der Waals surface area (Å²) in [5.74, 6) is -0.197. The summed E-state index contributed by atoms with van der Waals surface area (Å²) in [7, 11) is 0. The molecule has 0 bridgehead atoms. The zero-order chi connectivity index (χ0) is 19.2. The summed E-state index contributed by atoms with van der Waals surface area (Å²) in [6, 6.07) is 6.65. The van der Waals surface area contributed by atoms with Gasteiger partial charge in [0, 0.05) is 23.8 Å². The number of allylic oxidation sites excluding steroid dienone is 1. The van der Waals surface area contributed by atoms with Crippen LogP contribution < -0.4 is 4.90 Å². The van der Waals surface area contributed by atoms with Crippen LogP contribution in [-0.4, -0.2) is 34.2 Å². The number of benzene rings is 1. The minimum Gasteiger partial charge on any atom is -0.360 e. The molecule has 1 aromatic rings. The molecule has 2 aliphatic rings. The van der Waals surface area contributed by atoms with Crippen LogP contribution in [0.4, 0.5) is 10.5 Å². The summed E-state index contributed by atoms with van der Waals surface area (Å²) in [5, 5.41) is -0.189. The summed E-state index contributed by atoms with van der Waals surface area (Å²) in [4.78, 5) is 28.4. The molecule has 0 radical (unpaired) electrons. The molecule has 0 spiro atoms. The first-order chi connectivity index (χ1) is 12.2. The third kappa shape index (κ3) is 3.09. The number of likely N-dealkylation sites (N-methyl/N-ethyl adjacent to an activating group) is 1. The van der Waals surface area contributed by atoms with Crippen LogP contribution in [0.3, 0.4) is 0 Å². The lowest BCUT2D eigenvalue weighted by Gasteiger charge is -2.46. The molecule has 5 heteroatoms. The summed E-state index contributed by atoms with van der Waals surface area (Å²) in [6.45, 7) is 13.2. The van der Waals surface area contributed by atoms with Gasteiger partial charge in [-0.25, -0.2) is 0 Å². The van der Waals surface area contributed by atoms with Crippen molar-refractivity contribution in [2.24, 2.45) is 0 Å². The quantitative estimate of drug-likeness (QED) is 0.690. The van der Waals surface area contributed by atoms with E-state index in [4.69, 9.17) is 0 Å². The first-order valence-electron chi connectivity index (χ1n) is 9.04. The fraction of sp³-hybridized carbons (Fsp3) is 0.429. The molecule has 2 amide bonds. The molecule has 0 aromatic heterocycles. The molecule has 0 N–H and O–H groups in total. The number of amides is 2. The van der Waals surface area contributed by atoms with Gasteiger partial charge in [0.05, 0.1) is 10.4 Å². The maximum Gasteiger partial charge on any atom is 0.293 e. The minimum atomic E-state index is -0.197. The Morgan fingerprint density at radius 1 is 1.23 bits per heavy atom. The standard InChI is InChI=1S/C21H26N2O2S/c1-7-22-19(24)18(26-20(22)25)11-15-8-9-17-16(10-15)14(4)12-21(5,6)23(17)13(2)3/h8-13H,7H2,1-6H3/b18-11-. The van der Waals surface area contributed by atoms with E-state index >= 15 is 0 Å². The van der Waals surface area contributed by atoms with Gasteiger partial charge in [-0.1, -0.05) is 12.1 Å². The molecule has 138 valence electrons. The van der Waals surface area contributed by atoms with Crippen molar-refractivity contribution in [1.29, 1.82) is 0 Å².